The second-order valence-electron chi connectivity index (χ2n) is 4.27. The van der Waals surface area contributed by atoms with Gasteiger partial charge in [0.25, 0.3) is 0 Å². The fraction of sp³-hybridized carbons (Fsp3) is 0.417. The number of benzene rings is 1. The van der Waals surface area contributed by atoms with E-state index in [4.69, 9.17) is 0 Å². The molecule has 0 spiro atoms. The zero-order valence-corrected chi connectivity index (χ0v) is 11.2. The van der Waals surface area contributed by atoms with Gasteiger partial charge >= 0.3 is 5.97 Å². The van der Waals surface area contributed by atoms with Crippen molar-refractivity contribution in [3.63, 3.8) is 0 Å². The smallest absolute Gasteiger partial charge is 0.329 e. The van der Waals surface area contributed by atoms with E-state index in [0.29, 0.717) is 0 Å². The molecule has 0 aromatic heterocycles. The van der Waals surface area contributed by atoms with Crippen LogP contribution in [0.3, 0.4) is 0 Å². The summed E-state index contributed by atoms with van der Waals surface area (Å²) in [6.07, 6.45) is 0. The Kier molecular flexibility index (Phi) is 3.97. The first-order valence-corrected chi connectivity index (χ1v) is 5.93. The molecule has 4 heteroatoms. The van der Waals surface area contributed by atoms with E-state index >= 15 is 0 Å². The lowest BCUT2D eigenvalue weighted by Crippen LogP contribution is -2.48. The molecule has 0 radical (unpaired) electrons. The number of halogens is 1. The van der Waals surface area contributed by atoms with Gasteiger partial charge in [-0.1, -0.05) is 26.0 Å². The van der Waals surface area contributed by atoms with Crippen molar-refractivity contribution < 1.29 is 9.90 Å². The number of hydrogen-bond donors (Lipinski definition) is 2. The lowest BCUT2D eigenvalue weighted by Gasteiger charge is -2.31. The minimum atomic E-state index is -0.968. The van der Waals surface area contributed by atoms with Crippen molar-refractivity contribution in [2.24, 2.45) is 5.92 Å². The van der Waals surface area contributed by atoms with Crippen LogP contribution in [0, 0.1) is 5.92 Å². The van der Waals surface area contributed by atoms with Gasteiger partial charge in [0.15, 0.2) is 0 Å². The number of carbonyl (C=O) groups is 1. The van der Waals surface area contributed by atoms with E-state index in [-0.39, 0.29) is 5.92 Å². The fourth-order valence-electron chi connectivity index (χ4n) is 1.29. The highest BCUT2D eigenvalue weighted by Gasteiger charge is 2.36. The summed E-state index contributed by atoms with van der Waals surface area (Å²) in [5, 5.41) is 12.4. The maximum absolute atomic E-state index is 11.3. The summed E-state index contributed by atoms with van der Waals surface area (Å²) in [5.74, 6) is -0.865. The number of carboxylic acid groups (broad SMARTS) is 1. The molecule has 0 bridgehead atoms. The molecule has 0 fully saturated rings. The predicted octanol–water partition coefficient (Wildman–Crippen LogP) is 3.36. The number of para-hydroxylation sites is 1. The van der Waals surface area contributed by atoms with Crippen molar-refractivity contribution in [3.05, 3.63) is 28.7 Å². The zero-order valence-electron chi connectivity index (χ0n) is 9.62. The summed E-state index contributed by atoms with van der Waals surface area (Å²) in [6, 6.07) is 7.50. The van der Waals surface area contributed by atoms with Crippen LogP contribution in [0.2, 0.25) is 0 Å². The molecule has 88 valence electrons. The van der Waals surface area contributed by atoms with Gasteiger partial charge in [0.2, 0.25) is 0 Å². The quantitative estimate of drug-likeness (QED) is 0.892. The Balaban J connectivity index is 3.02. The van der Waals surface area contributed by atoms with Crippen LogP contribution >= 0.6 is 15.9 Å². The first kappa shape index (κ1) is 13.0. The summed E-state index contributed by atoms with van der Waals surface area (Å²) in [5.41, 5.74) is -0.176. The first-order valence-electron chi connectivity index (χ1n) is 5.14. The van der Waals surface area contributed by atoms with E-state index in [1.54, 1.807) is 6.92 Å². The topological polar surface area (TPSA) is 49.3 Å². The SMILES string of the molecule is CC(C)C(C)(Nc1ccccc1Br)C(=O)O. The Bertz CT molecular complexity index is 392. The van der Waals surface area contributed by atoms with Gasteiger partial charge in [-0.2, -0.15) is 0 Å². The molecule has 0 aliphatic heterocycles. The third-order valence-corrected chi connectivity index (χ3v) is 3.56. The first-order chi connectivity index (χ1) is 7.38. The van der Waals surface area contributed by atoms with E-state index in [1.165, 1.54) is 0 Å². The van der Waals surface area contributed by atoms with Crippen LogP contribution in [0.5, 0.6) is 0 Å². The zero-order chi connectivity index (χ0) is 12.3. The van der Waals surface area contributed by atoms with Crippen LogP contribution in [0.4, 0.5) is 5.69 Å². The van der Waals surface area contributed by atoms with Gasteiger partial charge in [-0.25, -0.2) is 4.79 Å². The van der Waals surface area contributed by atoms with E-state index in [1.807, 2.05) is 38.1 Å². The maximum atomic E-state index is 11.3. The molecule has 1 aromatic carbocycles. The third-order valence-electron chi connectivity index (χ3n) is 2.87. The van der Waals surface area contributed by atoms with Crippen molar-refractivity contribution in [2.75, 3.05) is 5.32 Å². The summed E-state index contributed by atoms with van der Waals surface area (Å²) in [6.45, 7) is 5.47. The lowest BCUT2D eigenvalue weighted by molar-refractivity contribution is -0.143. The predicted molar refractivity (Wildman–Crippen MR) is 68.6 cm³/mol. The molecule has 1 rings (SSSR count). The third kappa shape index (κ3) is 2.55. The van der Waals surface area contributed by atoms with E-state index in [0.717, 1.165) is 10.2 Å². The second kappa shape index (κ2) is 4.87. The highest BCUT2D eigenvalue weighted by Crippen LogP contribution is 2.28. The minimum Gasteiger partial charge on any atom is -0.480 e. The van der Waals surface area contributed by atoms with Crippen LogP contribution in [-0.2, 0) is 4.79 Å². The van der Waals surface area contributed by atoms with Gasteiger partial charge in [-0.3, -0.25) is 0 Å². The molecule has 16 heavy (non-hydrogen) atoms. The van der Waals surface area contributed by atoms with Gasteiger partial charge in [0, 0.05) is 10.2 Å². The standard InChI is InChI=1S/C12H16BrNO2/c1-8(2)12(3,11(15)16)14-10-7-5-4-6-9(10)13/h4-8,14H,1-3H3,(H,15,16). The lowest BCUT2D eigenvalue weighted by atomic mass is 9.88. The van der Waals surface area contributed by atoms with Gasteiger partial charge in [-0.05, 0) is 40.9 Å². The molecule has 0 aliphatic rings. The van der Waals surface area contributed by atoms with Gasteiger partial charge in [0.1, 0.15) is 5.54 Å². The maximum Gasteiger partial charge on any atom is 0.329 e. The van der Waals surface area contributed by atoms with E-state index in [9.17, 15) is 9.90 Å². The average molecular weight is 286 g/mol. The Morgan fingerprint density at radius 1 is 1.44 bits per heavy atom. The molecule has 0 heterocycles. The van der Waals surface area contributed by atoms with Crippen molar-refractivity contribution in [1.29, 1.82) is 0 Å². The van der Waals surface area contributed by atoms with Crippen molar-refractivity contribution in [1.82, 2.24) is 0 Å². The molecule has 1 atom stereocenters. The monoisotopic (exact) mass is 285 g/mol. The molecule has 0 amide bonds. The fourth-order valence-corrected chi connectivity index (χ4v) is 1.67. The Hall–Kier alpha value is -1.03. The number of nitrogens with one attached hydrogen (secondary N) is 1. The minimum absolute atomic E-state index is 0.0166. The number of hydrogen-bond acceptors (Lipinski definition) is 2. The van der Waals surface area contributed by atoms with Crippen molar-refractivity contribution >= 4 is 27.6 Å². The van der Waals surface area contributed by atoms with Crippen LogP contribution in [0.1, 0.15) is 20.8 Å². The normalized spacial score (nSPS) is 14.6. The van der Waals surface area contributed by atoms with Crippen LogP contribution in [-0.4, -0.2) is 16.6 Å². The Labute approximate surface area is 104 Å². The average Bonchev–Trinajstić information content (AvgIpc) is 2.20. The molecular weight excluding hydrogens is 270 g/mol. The highest BCUT2D eigenvalue weighted by molar-refractivity contribution is 9.10. The Morgan fingerprint density at radius 3 is 2.44 bits per heavy atom. The van der Waals surface area contributed by atoms with Crippen LogP contribution in [0.15, 0.2) is 28.7 Å². The molecule has 0 saturated heterocycles. The molecule has 2 N–H and O–H groups in total. The van der Waals surface area contributed by atoms with Gasteiger partial charge in [0.05, 0.1) is 0 Å². The number of carboxylic acids is 1. The summed E-state index contributed by atoms with van der Waals surface area (Å²) in [7, 11) is 0. The van der Waals surface area contributed by atoms with E-state index < -0.39 is 11.5 Å². The number of aliphatic carboxylic acids is 1. The van der Waals surface area contributed by atoms with Gasteiger partial charge < -0.3 is 10.4 Å². The van der Waals surface area contributed by atoms with Gasteiger partial charge in [-0.15, -0.1) is 0 Å². The van der Waals surface area contributed by atoms with Crippen molar-refractivity contribution in [3.8, 4) is 0 Å². The van der Waals surface area contributed by atoms with Crippen molar-refractivity contribution in [2.45, 2.75) is 26.3 Å². The van der Waals surface area contributed by atoms with Crippen LogP contribution < -0.4 is 5.32 Å². The second-order valence-corrected chi connectivity index (χ2v) is 5.12. The summed E-state index contributed by atoms with van der Waals surface area (Å²) < 4.78 is 0.864. The molecular formula is C12H16BrNO2. The van der Waals surface area contributed by atoms with Crippen LogP contribution in [0.25, 0.3) is 0 Å². The largest absolute Gasteiger partial charge is 0.480 e. The molecule has 1 aromatic rings. The number of anilines is 1. The molecule has 3 nitrogen and oxygen atoms in total. The Morgan fingerprint density at radius 2 is 2.00 bits per heavy atom. The molecule has 0 aliphatic carbocycles. The molecule has 0 saturated carbocycles. The summed E-state index contributed by atoms with van der Waals surface area (Å²) >= 11 is 3.39. The highest BCUT2D eigenvalue weighted by atomic mass is 79.9. The summed E-state index contributed by atoms with van der Waals surface area (Å²) in [4.78, 5) is 11.3. The number of rotatable bonds is 4. The molecule has 1 unspecified atom stereocenters. The van der Waals surface area contributed by atoms with E-state index in [2.05, 4.69) is 21.2 Å².